The molecule has 1 N–H and O–H groups in total. The molecule has 0 radical (unpaired) electrons. The Morgan fingerprint density at radius 2 is 1.83 bits per heavy atom. The predicted octanol–water partition coefficient (Wildman–Crippen LogP) is 2.35. The van der Waals surface area contributed by atoms with Gasteiger partial charge in [0.05, 0.1) is 35.6 Å². The Kier molecular flexibility index (Phi) is 6.48. The van der Waals surface area contributed by atoms with Crippen LogP contribution in [-0.4, -0.2) is 54.0 Å². The summed E-state index contributed by atoms with van der Waals surface area (Å²) >= 11 is 0. The maximum absolute atomic E-state index is 13.0. The number of fused-ring (bicyclic) bond motifs is 1. The molecular weight excluding hydrogens is 390 g/mol. The second-order valence-electron chi connectivity index (χ2n) is 6.42. The van der Waals surface area contributed by atoms with E-state index in [1.165, 1.54) is 24.3 Å². The molecule has 0 unspecified atom stereocenters. The number of esters is 1. The summed E-state index contributed by atoms with van der Waals surface area (Å²) < 4.78 is 10.3. The van der Waals surface area contributed by atoms with Crippen LogP contribution < -0.4 is 4.74 Å². The van der Waals surface area contributed by atoms with Crippen molar-refractivity contribution >= 4 is 34.7 Å². The van der Waals surface area contributed by atoms with Crippen LogP contribution in [-0.2, 0) is 9.53 Å². The van der Waals surface area contributed by atoms with Crippen LogP contribution >= 0.6 is 0 Å². The highest BCUT2D eigenvalue weighted by Crippen LogP contribution is 2.30. The minimum Gasteiger partial charge on any atom is -0.485 e. The van der Waals surface area contributed by atoms with Crippen molar-refractivity contribution in [1.82, 2.24) is 0 Å². The highest BCUT2D eigenvalue weighted by molar-refractivity contribution is 6.53. The first-order valence-corrected chi connectivity index (χ1v) is 9.25. The van der Waals surface area contributed by atoms with E-state index in [9.17, 15) is 19.2 Å². The maximum Gasteiger partial charge on any atom is 0.338 e. The van der Waals surface area contributed by atoms with Gasteiger partial charge in [-0.25, -0.2) is 9.79 Å². The van der Waals surface area contributed by atoms with Crippen LogP contribution in [0, 0.1) is 0 Å². The summed E-state index contributed by atoms with van der Waals surface area (Å²) in [7, 11) is 0. The Hall–Kier alpha value is -3.65. The molecule has 3 rings (SSSR count). The number of hydrogen-bond donors (Lipinski definition) is 1. The molecule has 0 aliphatic heterocycles. The monoisotopic (exact) mass is 409 g/mol. The van der Waals surface area contributed by atoms with Crippen LogP contribution in [0.1, 0.15) is 44.4 Å². The minimum absolute atomic E-state index is 0.0286. The lowest BCUT2D eigenvalue weighted by atomic mass is 9.87. The molecule has 0 atom stereocenters. The quantitative estimate of drug-likeness (QED) is 0.697. The van der Waals surface area contributed by atoms with Crippen molar-refractivity contribution < 1.29 is 33.8 Å². The molecule has 0 saturated heterocycles. The van der Waals surface area contributed by atoms with E-state index in [0.717, 1.165) is 0 Å². The molecule has 0 bridgehead atoms. The smallest absolute Gasteiger partial charge is 0.338 e. The number of ether oxygens (including phenoxy) is 2. The van der Waals surface area contributed by atoms with Gasteiger partial charge in [-0.3, -0.25) is 14.4 Å². The van der Waals surface area contributed by atoms with Crippen molar-refractivity contribution in [3.8, 4) is 5.75 Å². The number of rotatable bonds is 7. The first kappa shape index (κ1) is 21.1. The fraction of sp³-hybridized carbons (Fsp3) is 0.227. The molecule has 154 valence electrons. The minimum atomic E-state index is -0.684. The van der Waals surface area contributed by atoms with Gasteiger partial charge in [0, 0.05) is 5.56 Å². The van der Waals surface area contributed by atoms with E-state index in [2.05, 4.69) is 4.99 Å². The standard InChI is InChI=1S/C22H19NO7/c1-2-29-22(28)13-6-8-14(9-7-13)23-17-10-18(26)16-4-3-5-19(20(16)21(17)27)30-12-15(25)11-24/h3-9,24H,2,10-12H2,1H3. The summed E-state index contributed by atoms with van der Waals surface area (Å²) in [6.07, 6.45) is -0.176. The van der Waals surface area contributed by atoms with Crippen LogP contribution in [0.2, 0.25) is 0 Å². The fourth-order valence-electron chi connectivity index (χ4n) is 2.93. The Bertz CT molecular complexity index is 1040. The van der Waals surface area contributed by atoms with Crippen molar-refractivity contribution in [1.29, 1.82) is 0 Å². The lowest BCUT2D eigenvalue weighted by Gasteiger charge is -2.19. The van der Waals surface area contributed by atoms with Gasteiger partial charge in [0.1, 0.15) is 19.0 Å². The van der Waals surface area contributed by atoms with Crippen molar-refractivity contribution in [2.75, 3.05) is 19.8 Å². The molecular formula is C22H19NO7. The number of aliphatic hydroxyl groups is 1. The van der Waals surface area contributed by atoms with Crippen molar-refractivity contribution in [3.63, 3.8) is 0 Å². The number of benzene rings is 2. The number of carbonyl (C=O) groups excluding carboxylic acids is 4. The van der Waals surface area contributed by atoms with Gasteiger partial charge < -0.3 is 14.6 Å². The van der Waals surface area contributed by atoms with E-state index < -0.39 is 30.7 Å². The van der Waals surface area contributed by atoms with Crippen molar-refractivity contribution in [3.05, 3.63) is 59.2 Å². The van der Waals surface area contributed by atoms with Gasteiger partial charge in [0.15, 0.2) is 11.6 Å². The highest BCUT2D eigenvalue weighted by Gasteiger charge is 2.32. The van der Waals surface area contributed by atoms with E-state index >= 15 is 0 Å². The Morgan fingerprint density at radius 1 is 1.10 bits per heavy atom. The van der Waals surface area contributed by atoms with E-state index in [1.54, 1.807) is 25.1 Å². The summed E-state index contributed by atoms with van der Waals surface area (Å²) in [5.41, 5.74) is 1.02. The molecule has 0 spiro atoms. The molecule has 2 aromatic rings. The zero-order valence-corrected chi connectivity index (χ0v) is 16.2. The molecule has 1 aliphatic carbocycles. The molecule has 8 nitrogen and oxygen atoms in total. The number of nitrogens with zero attached hydrogens (tertiary/aromatic N) is 1. The summed E-state index contributed by atoms with van der Waals surface area (Å²) in [6.45, 7) is 0.860. The highest BCUT2D eigenvalue weighted by atomic mass is 16.5. The van der Waals surface area contributed by atoms with Gasteiger partial charge in [-0.05, 0) is 37.3 Å². The maximum atomic E-state index is 13.0. The molecule has 1 aliphatic rings. The fourth-order valence-corrected chi connectivity index (χ4v) is 2.93. The molecule has 0 amide bonds. The van der Waals surface area contributed by atoms with Crippen molar-refractivity contribution in [2.24, 2.45) is 4.99 Å². The first-order chi connectivity index (χ1) is 14.4. The van der Waals surface area contributed by atoms with Gasteiger partial charge in [0.2, 0.25) is 5.78 Å². The number of Topliss-reactive ketones (excluding diaryl/α,β-unsaturated/α-hetero) is 3. The predicted molar refractivity (Wildman–Crippen MR) is 107 cm³/mol. The lowest BCUT2D eigenvalue weighted by Crippen LogP contribution is -2.28. The average Bonchev–Trinajstić information content (AvgIpc) is 2.76. The third kappa shape index (κ3) is 4.49. The number of aliphatic imine (C=N–C) groups is 1. The Labute approximate surface area is 172 Å². The number of ketones is 3. The van der Waals surface area contributed by atoms with E-state index in [4.69, 9.17) is 14.6 Å². The third-order valence-electron chi connectivity index (χ3n) is 4.35. The molecule has 0 saturated carbocycles. The molecule has 2 aromatic carbocycles. The van der Waals surface area contributed by atoms with E-state index in [-0.39, 0.29) is 41.4 Å². The van der Waals surface area contributed by atoms with E-state index in [0.29, 0.717) is 11.3 Å². The van der Waals surface area contributed by atoms with Crippen LogP contribution in [0.15, 0.2) is 47.5 Å². The normalized spacial score (nSPS) is 14.4. The zero-order chi connectivity index (χ0) is 21.7. The van der Waals surface area contributed by atoms with Crippen molar-refractivity contribution in [2.45, 2.75) is 13.3 Å². The molecule has 0 aromatic heterocycles. The first-order valence-electron chi connectivity index (χ1n) is 9.25. The summed E-state index contributed by atoms with van der Waals surface area (Å²) in [5.74, 6) is -1.72. The Balaban J connectivity index is 1.90. The number of carbonyl (C=O) groups is 4. The van der Waals surface area contributed by atoms with Crippen LogP contribution in [0.5, 0.6) is 5.75 Å². The van der Waals surface area contributed by atoms with Crippen LogP contribution in [0.4, 0.5) is 5.69 Å². The van der Waals surface area contributed by atoms with Gasteiger partial charge >= 0.3 is 5.97 Å². The van der Waals surface area contributed by atoms with Gasteiger partial charge in [0.25, 0.3) is 0 Å². The largest absolute Gasteiger partial charge is 0.485 e. The summed E-state index contributed by atoms with van der Waals surface area (Å²) in [5, 5.41) is 8.84. The number of aliphatic hydroxyl groups excluding tert-OH is 1. The molecule has 0 fully saturated rings. The van der Waals surface area contributed by atoms with Crippen LogP contribution in [0.25, 0.3) is 0 Å². The topological polar surface area (TPSA) is 119 Å². The summed E-state index contributed by atoms with van der Waals surface area (Å²) in [4.78, 5) is 52.9. The summed E-state index contributed by atoms with van der Waals surface area (Å²) in [6, 6.07) is 10.7. The lowest BCUT2D eigenvalue weighted by molar-refractivity contribution is -0.123. The molecule has 30 heavy (non-hydrogen) atoms. The van der Waals surface area contributed by atoms with Gasteiger partial charge in [-0.2, -0.15) is 0 Å². The Morgan fingerprint density at radius 3 is 2.50 bits per heavy atom. The molecule has 0 heterocycles. The second-order valence-corrected chi connectivity index (χ2v) is 6.42. The average molecular weight is 409 g/mol. The third-order valence-corrected chi connectivity index (χ3v) is 4.35. The van der Waals surface area contributed by atoms with E-state index in [1.807, 2.05) is 0 Å². The SMILES string of the molecule is CCOC(=O)c1ccc(N=C2CC(=O)c3cccc(OCC(=O)CO)c3C2=O)cc1. The zero-order valence-electron chi connectivity index (χ0n) is 16.2. The second kappa shape index (κ2) is 9.23. The van der Waals surface area contributed by atoms with Crippen LogP contribution in [0.3, 0.4) is 0 Å². The number of hydrogen-bond acceptors (Lipinski definition) is 8. The van der Waals surface area contributed by atoms with Gasteiger partial charge in [-0.1, -0.05) is 12.1 Å². The van der Waals surface area contributed by atoms with Gasteiger partial charge in [-0.15, -0.1) is 0 Å². The molecule has 8 heteroatoms.